The van der Waals surface area contributed by atoms with Crippen molar-refractivity contribution < 1.29 is 22.5 Å². The molecule has 4 rings (SSSR count). The van der Waals surface area contributed by atoms with Crippen LogP contribution in [0.1, 0.15) is 34.7 Å². The topological polar surface area (TPSA) is 59.2 Å². The van der Waals surface area contributed by atoms with E-state index in [9.17, 15) is 18.0 Å². The van der Waals surface area contributed by atoms with Crippen molar-refractivity contribution in [2.75, 3.05) is 6.54 Å². The lowest BCUT2D eigenvalue weighted by molar-refractivity contribution is -0.159. The lowest BCUT2D eigenvalue weighted by Crippen LogP contribution is -2.38. The molecule has 10 heteroatoms. The van der Waals surface area contributed by atoms with E-state index in [2.05, 4.69) is 14.7 Å². The number of alkyl halides is 3. The highest BCUT2D eigenvalue weighted by Gasteiger charge is 2.39. The maximum absolute atomic E-state index is 13.0. The highest BCUT2D eigenvalue weighted by atomic mass is 35.5. The zero-order valence-electron chi connectivity index (χ0n) is 15.2. The molecule has 1 aromatic carbocycles. The van der Waals surface area contributed by atoms with Gasteiger partial charge in [-0.3, -0.25) is 4.79 Å². The molecule has 0 radical (unpaired) electrons. The Morgan fingerprint density at radius 2 is 2.17 bits per heavy atom. The van der Waals surface area contributed by atoms with Gasteiger partial charge in [0.15, 0.2) is 0 Å². The summed E-state index contributed by atoms with van der Waals surface area (Å²) in [5.74, 6) is -1.96. The molecular weight excluding hydrogens is 427 g/mol. The number of thiophene rings is 1. The molecule has 3 aromatic rings. The second-order valence-electron chi connectivity index (χ2n) is 6.76. The maximum atomic E-state index is 13.0. The molecule has 0 spiro atoms. The van der Waals surface area contributed by atoms with Crippen LogP contribution in [0.2, 0.25) is 5.02 Å². The molecule has 3 heterocycles. The standard InChI is InChI=1S/C19H15ClF3N3O2S/c1-10(11-3-2-4-12(20)7-11)17(27)26-6-5-15-13(8-26)14(9-29-15)16-24-18(28-25-16)19(21,22)23/h2-4,7,9-10H,5-6,8H2,1H3. The number of carbonyl (C=O) groups excluding carboxylic acids is 1. The van der Waals surface area contributed by atoms with E-state index in [1.54, 1.807) is 28.5 Å². The van der Waals surface area contributed by atoms with Crippen molar-refractivity contribution in [2.24, 2.45) is 0 Å². The van der Waals surface area contributed by atoms with Crippen molar-refractivity contribution in [3.63, 3.8) is 0 Å². The van der Waals surface area contributed by atoms with Gasteiger partial charge in [-0.1, -0.05) is 28.9 Å². The molecule has 0 saturated heterocycles. The van der Waals surface area contributed by atoms with Gasteiger partial charge in [0.1, 0.15) is 0 Å². The first-order chi connectivity index (χ1) is 13.7. The molecule has 0 saturated carbocycles. The molecule has 0 N–H and O–H groups in total. The van der Waals surface area contributed by atoms with E-state index < -0.39 is 12.1 Å². The van der Waals surface area contributed by atoms with Crippen molar-refractivity contribution in [1.82, 2.24) is 15.0 Å². The Morgan fingerprint density at radius 3 is 2.86 bits per heavy atom. The minimum absolute atomic E-state index is 0.0702. The minimum Gasteiger partial charge on any atom is -0.337 e. The SMILES string of the molecule is CC(C(=O)N1CCc2scc(-c3noc(C(F)(F)F)n3)c2C1)c1cccc(Cl)c1. The lowest BCUT2D eigenvalue weighted by Gasteiger charge is -2.30. The van der Waals surface area contributed by atoms with E-state index in [1.165, 1.54) is 11.3 Å². The normalized spacial score (nSPS) is 15.3. The zero-order valence-corrected chi connectivity index (χ0v) is 16.7. The fourth-order valence-electron chi connectivity index (χ4n) is 3.33. The summed E-state index contributed by atoms with van der Waals surface area (Å²) >= 11 is 7.45. The summed E-state index contributed by atoms with van der Waals surface area (Å²) in [6, 6.07) is 7.14. The molecular formula is C19H15ClF3N3O2S. The van der Waals surface area contributed by atoms with Gasteiger partial charge in [-0.25, -0.2) is 0 Å². The molecule has 1 aliphatic heterocycles. The highest BCUT2D eigenvalue weighted by molar-refractivity contribution is 7.10. The lowest BCUT2D eigenvalue weighted by atomic mass is 9.97. The number of hydrogen-bond acceptors (Lipinski definition) is 5. The van der Waals surface area contributed by atoms with E-state index in [4.69, 9.17) is 11.6 Å². The Hall–Kier alpha value is -2.39. The van der Waals surface area contributed by atoms with Crippen molar-refractivity contribution in [2.45, 2.75) is 32.0 Å². The van der Waals surface area contributed by atoms with Crippen LogP contribution in [0.3, 0.4) is 0 Å². The molecule has 0 aliphatic carbocycles. The number of nitrogens with zero attached hydrogens (tertiary/aromatic N) is 3. The molecule has 1 amide bonds. The van der Waals surface area contributed by atoms with Gasteiger partial charge in [-0.15, -0.1) is 11.3 Å². The third-order valence-corrected chi connectivity index (χ3v) is 6.20. The van der Waals surface area contributed by atoms with Crippen molar-refractivity contribution >= 4 is 28.8 Å². The van der Waals surface area contributed by atoms with E-state index >= 15 is 0 Å². The third-order valence-electron chi connectivity index (χ3n) is 4.88. The van der Waals surface area contributed by atoms with Crippen LogP contribution in [-0.4, -0.2) is 27.5 Å². The summed E-state index contributed by atoms with van der Waals surface area (Å²) in [7, 11) is 0. The number of amides is 1. The van der Waals surface area contributed by atoms with Crippen LogP contribution >= 0.6 is 22.9 Å². The van der Waals surface area contributed by atoms with Gasteiger partial charge in [0.2, 0.25) is 11.7 Å². The average Bonchev–Trinajstić information content (AvgIpc) is 3.32. The first kappa shape index (κ1) is 19.9. The summed E-state index contributed by atoms with van der Waals surface area (Å²) < 4.78 is 42.7. The number of fused-ring (bicyclic) bond motifs is 1. The van der Waals surface area contributed by atoms with Gasteiger partial charge in [0.05, 0.1) is 5.92 Å². The van der Waals surface area contributed by atoms with Crippen LogP contribution < -0.4 is 0 Å². The van der Waals surface area contributed by atoms with E-state index in [1.807, 2.05) is 13.0 Å². The number of aromatic nitrogens is 2. The molecule has 1 unspecified atom stereocenters. The monoisotopic (exact) mass is 441 g/mol. The zero-order chi connectivity index (χ0) is 20.8. The van der Waals surface area contributed by atoms with Gasteiger partial charge in [-0.2, -0.15) is 18.2 Å². The molecule has 29 heavy (non-hydrogen) atoms. The Bertz CT molecular complexity index is 1060. The van der Waals surface area contributed by atoms with Crippen LogP contribution in [0, 0.1) is 0 Å². The molecule has 152 valence electrons. The summed E-state index contributed by atoms with van der Waals surface area (Å²) in [5.41, 5.74) is 2.05. The molecule has 0 bridgehead atoms. The molecule has 2 aromatic heterocycles. The van der Waals surface area contributed by atoms with E-state index in [0.717, 1.165) is 16.0 Å². The second-order valence-corrected chi connectivity index (χ2v) is 8.16. The van der Waals surface area contributed by atoms with Crippen molar-refractivity contribution in [3.05, 3.63) is 56.6 Å². The first-order valence-electron chi connectivity index (χ1n) is 8.79. The Kier molecular flexibility index (Phi) is 5.12. The van der Waals surface area contributed by atoms with Crippen LogP contribution in [0.15, 0.2) is 34.2 Å². The maximum Gasteiger partial charge on any atom is 0.471 e. The van der Waals surface area contributed by atoms with Crippen LogP contribution in [-0.2, 0) is 23.9 Å². The Balaban J connectivity index is 1.58. The van der Waals surface area contributed by atoms with Gasteiger partial charge in [0, 0.05) is 33.9 Å². The smallest absolute Gasteiger partial charge is 0.337 e. The predicted octanol–water partition coefficient (Wildman–Crippen LogP) is 5.16. The third kappa shape index (κ3) is 3.89. The number of carbonyl (C=O) groups is 1. The predicted molar refractivity (Wildman–Crippen MR) is 102 cm³/mol. The van der Waals surface area contributed by atoms with E-state index in [0.29, 0.717) is 23.6 Å². The Morgan fingerprint density at radius 1 is 1.38 bits per heavy atom. The fraction of sp³-hybridized carbons (Fsp3) is 0.316. The van der Waals surface area contributed by atoms with Gasteiger partial charge in [0.25, 0.3) is 0 Å². The van der Waals surface area contributed by atoms with Crippen LogP contribution in [0.4, 0.5) is 13.2 Å². The molecule has 0 fully saturated rings. The molecule has 5 nitrogen and oxygen atoms in total. The van der Waals surface area contributed by atoms with E-state index in [-0.39, 0.29) is 24.2 Å². The molecule has 1 aliphatic rings. The fourth-order valence-corrected chi connectivity index (χ4v) is 4.56. The highest BCUT2D eigenvalue weighted by Crippen LogP contribution is 2.37. The van der Waals surface area contributed by atoms with Crippen molar-refractivity contribution in [1.29, 1.82) is 0 Å². The summed E-state index contributed by atoms with van der Waals surface area (Å²) in [4.78, 5) is 19.2. The summed E-state index contributed by atoms with van der Waals surface area (Å²) in [6.07, 6.45) is -4.08. The number of benzene rings is 1. The van der Waals surface area contributed by atoms with Crippen LogP contribution in [0.25, 0.3) is 11.4 Å². The first-order valence-corrected chi connectivity index (χ1v) is 10.0. The summed E-state index contributed by atoms with van der Waals surface area (Å²) in [6.45, 7) is 2.64. The number of rotatable bonds is 3. The molecule has 1 atom stereocenters. The van der Waals surface area contributed by atoms with Crippen LogP contribution in [0.5, 0.6) is 0 Å². The van der Waals surface area contributed by atoms with Crippen molar-refractivity contribution in [3.8, 4) is 11.4 Å². The second kappa shape index (κ2) is 7.46. The minimum atomic E-state index is -4.70. The average molecular weight is 442 g/mol. The quantitative estimate of drug-likeness (QED) is 0.563. The summed E-state index contributed by atoms with van der Waals surface area (Å²) in [5, 5.41) is 5.75. The van der Waals surface area contributed by atoms with Gasteiger partial charge in [-0.05, 0) is 36.6 Å². The largest absolute Gasteiger partial charge is 0.471 e. The number of hydrogen-bond donors (Lipinski definition) is 0. The number of halogens is 4. The Labute approximate surface area is 173 Å². The van der Waals surface area contributed by atoms with Gasteiger partial charge >= 0.3 is 12.1 Å². The van der Waals surface area contributed by atoms with Gasteiger partial charge < -0.3 is 9.42 Å².